The van der Waals surface area contributed by atoms with Crippen molar-refractivity contribution in [1.82, 2.24) is 0 Å². The molecule has 12 heavy (non-hydrogen) atoms. The Hall–Kier alpha value is -0.0800. The van der Waals surface area contributed by atoms with Crippen LogP contribution in [0.4, 0.5) is 0 Å². The average Bonchev–Trinajstić information content (AvgIpc) is 2.29. The van der Waals surface area contributed by atoms with Crippen LogP contribution in [0.1, 0.15) is 51.9 Å². The summed E-state index contributed by atoms with van der Waals surface area (Å²) >= 11 is 0. The van der Waals surface area contributed by atoms with Crippen molar-refractivity contribution >= 4 is 0 Å². The van der Waals surface area contributed by atoms with Gasteiger partial charge in [0.05, 0.1) is 11.7 Å². The van der Waals surface area contributed by atoms with Crippen molar-refractivity contribution in [1.29, 1.82) is 0 Å². The summed E-state index contributed by atoms with van der Waals surface area (Å²) in [4.78, 5) is 0. The van der Waals surface area contributed by atoms with Gasteiger partial charge in [-0.1, -0.05) is 32.6 Å². The lowest BCUT2D eigenvalue weighted by Crippen LogP contribution is -2.41. The molecule has 1 atom stereocenters. The minimum atomic E-state index is -0.773. The molecule has 0 aromatic carbocycles. The average molecular weight is 172 g/mol. The van der Waals surface area contributed by atoms with Crippen molar-refractivity contribution in [2.45, 2.75) is 63.6 Å². The molecule has 2 heteroatoms. The van der Waals surface area contributed by atoms with Crippen LogP contribution in [0.5, 0.6) is 0 Å². The third-order valence-electron chi connectivity index (χ3n) is 2.98. The summed E-state index contributed by atoms with van der Waals surface area (Å²) in [6.45, 7) is 1.92. The maximum Gasteiger partial charge on any atom is 0.0905 e. The van der Waals surface area contributed by atoms with Gasteiger partial charge in [0.2, 0.25) is 0 Å². The van der Waals surface area contributed by atoms with E-state index in [-0.39, 0.29) is 0 Å². The summed E-state index contributed by atoms with van der Waals surface area (Å²) in [7, 11) is 0. The monoisotopic (exact) mass is 172 g/mol. The van der Waals surface area contributed by atoms with Gasteiger partial charge in [-0.05, 0) is 19.3 Å². The van der Waals surface area contributed by atoms with Crippen LogP contribution in [0.2, 0.25) is 0 Å². The first-order chi connectivity index (χ1) is 5.69. The fraction of sp³-hybridized carbons (Fsp3) is 1.00. The van der Waals surface area contributed by atoms with Crippen molar-refractivity contribution < 1.29 is 10.2 Å². The molecule has 1 aliphatic rings. The zero-order valence-electron chi connectivity index (χ0n) is 7.92. The lowest BCUT2D eigenvalue weighted by atomic mass is 9.87. The highest BCUT2D eigenvalue weighted by Crippen LogP contribution is 2.30. The van der Waals surface area contributed by atoms with E-state index >= 15 is 0 Å². The van der Waals surface area contributed by atoms with Crippen molar-refractivity contribution in [3.05, 3.63) is 0 Å². The van der Waals surface area contributed by atoms with Crippen LogP contribution >= 0.6 is 0 Å². The van der Waals surface area contributed by atoms with Gasteiger partial charge in [0, 0.05) is 0 Å². The molecular weight excluding hydrogens is 152 g/mol. The normalized spacial score (nSPS) is 26.2. The second-order valence-corrected chi connectivity index (χ2v) is 3.94. The lowest BCUT2D eigenvalue weighted by molar-refractivity contribution is -0.0853. The SMILES string of the molecule is CCC(O)C1(O)CCCCCC1. The first-order valence-electron chi connectivity index (χ1n) is 5.09. The van der Waals surface area contributed by atoms with Crippen molar-refractivity contribution in [2.75, 3.05) is 0 Å². The van der Waals surface area contributed by atoms with E-state index in [1.165, 1.54) is 12.8 Å². The first-order valence-corrected chi connectivity index (χ1v) is 5.09. The predicted octanol–water partition coefficient (Wildman–Crippen LogP) is 1.84. The van der Waals surface area contributed by atoms with Crippen LogP contribution in [0, 0.1) is 0 Å². The third-order valence-corrected chi connectivity index (χ3v) is 2.98. The Morgan fingerprint density at radius 2 is 1.67 bits per heavy atom. The van der Waals surface area contributed by atoms with Gasteiger partial charge in [-0.25, -0.2) is 0 Å². The second-order valence-electron chi connectivity index (χ2n) is 3.94. The van der Waals surface area contributed by atoms with Gasteiger partial charge in [-0.15, -0.1) is 0 Å². The molecule has 0 aromatic heterocycles. The summed E-state index contributed by atoms with van der Waals surface area (Å²) < 4.78 is 0. The van der Waals surface area contributed by atoms with Gasteiger partial charge in [0.15, 0.2) is 0 Å². The highest BCUT2D eigenvalue weighted by Gasteiger charge is 2.34. The molecule has 0 bridgehead atoms. The van der Waals surface area contributed by atoms with Crippen molar-refractivity contribution in [2.24, 2.45) is 0 Å². The molecule has 1 saturated carbocycles. The Bertz CT molecular complexity index is 126. The molecule has 0 spiro atoms. The van der Waals surface area contributed by atoms with E-state index in [2.05, 4.69) is 0 Å². The molecule has 0 radical (unpaired) electrons. The van der Waals surface area contributed by atoms with E-state index in [1.807, 2.05) is 6.92 Å². The van der Waals surface area contributed by atoms with Crippen LogP contribution in [-0.4, -0.2) is 21.9 Å². The zero-order chi connectivity index (χ0) is 9.03. The first kappa shape index (κ1) is 10.0. The topological polar surface area (TPSA) is 40.5 Å². The van der Waals surface area contributed by atoms with E-state index in [0.29, 0.717) is 6.42 Å². The quantitative estimate of drug-likeness (QED) is 0.624. The largest absolute Gasteiger partial charge is 0.390 e. The summed E-state index contributed by atoms with van der Waals surface area (Å²) in [5, 5.41) is 19.7. The van der Waals surface area contributed by atoms with Crippen LogP contribution in [-0.2, 0) is 0 Å². The number of aliphatic hydroxyl groups is 2. The van der Waals surface area contributed by atoms with Crippen molar-refractivity contribution in [3.8, 4) is 0 Å². The molecule has 0 heterocycles. The Kier molecular flexibility index (Phi) is 3.53. The minimum Gasteiger partial charge on any atom is -0.390 e. The molecule has 1 rings (SSSR count). The van der Waals surface area contributed by atoms with Gasteiger partial charge >= 0.3 is 0 Å². The summed E-state index contributed by atoms with van der Waals surface area (Å²) in [6.07, 6.45) is 6.25. The van der Waals surface area contributed by atoms with E-state index in [9.17, 15) is 10.2 Å². The molecule has 0 aliphatic heterocycles. The molecule has 0 aromatic rings. The minimum absolute atomic E-state index is 0.518. The smallest absolute Gasteiger partial charge is 0.0905 e. The lowest BCUT2D eigenvalue weighted by Gasteiger charge is -2.31. The van der Waals surface area contributed by atoms with E-state index in [1.54, 1.807) is 0 Å². The molecule has 1 aliphatic carbocycles. The summed E-state index contributed by atoms with van der Waals surface area (Å²) in [5.41, 5.74) is -0.773. The van der Waals surface area contributed by atoms with Crippen LogP contribution in [0.15, 0.2) is 0 Å². The van der Waals surface area contributed by atoms with E-state index < -0.39 is 11.7 Å². The van der Waals surface area contributed by atoms with Crippen LogP contribution in [0.3, 0.4) is 0 Å². The van der Waals surface area contributed by atoms with Crippen LogP contribution in [0.25, 0.3) is 0 Å². The Morgan fingerprint density at radius 3 is 2.08 bits per heavy atom. The predicted molar refractivity (Wildman–Crippen MR) is 48.9 cm³/mol. The van der Waals surface area contributed by atoms with Gasteiger partial charge in [-0.3, -0.25) is 0 Å². The molecule has 0 saturated heterocycles. The second kappa shape index (κ2) is 4.24. The third kappa shape index (κ3) is 2.20. The molecule has 2 nitrogen and oxygen atoms in total. The molecule has 72 valence electrons. The molecular formula is C10H20O2. The molecule has 1 fully saturated rings. The number of rotatable bonds is 2. The zero-order valence-corrected chi connectivity index (χ0v) is 7.92. The summed E-state index contributed by atoms with van der Waals surface area (Å²) in [5.74, 6) is 0. The Labute approximate surface area is 74.6 Å². The Balaban J connectivity index is 2.53. The maximum absolute atomic E-state index is 10.1. The van der Waals surface area contributed by atoms with E-state index in [0.717, 1.165) is 25.7 Å². The van der Waals surface area contributed by atoms with Gasteiger partial charge < -0.3 is 10.2 Å². The van der Waals surface area contributed by atoms with Crippen LogP contribution < -0.4 is 0 Å². The number of hydrogen-bond acceptors (Lipinski definition) is 2. The molecule has 1 unspecified atom stereocenters. The Morgan fingerprint density at radius 1 is 1.17 bits per heavy atom. The standard InChI is InChI=1S/C10H20O2/c1-2-9(11)10(12)7-5-3-4-6-8-10/h9,11-12H,2-8H2,1H3. The number of hydrogen-bond donors (Lipinski definition) is 2. The number of aliphatic hydroxyl groups excluding tert-OH is 1. The maximum atomic E-state index is 10.1. The van der Waals surface area contributed by atoms with Gasteiger partial charge in [0.1, 0.15) is 0 Å². The highest BCUT2D eigenvalue weighted by molar-refractivity contribution is 4.87. The molecule has 0 amide bonds. The highest BCUT2D eigenvalue weighted by atomic mass is 16.3. The summed E-state index contributed by atoms with van der Waals surface area (Å²) in [6, 6.07) is 0. The fourth-order valence-electron chi connectivity index (χ4n) is 2.05. The fourth-order valence-corrected chi connectivity index (χ4v) is 2.05. The van der Waals surface area contributed by atoms with Crippen molar-refractivity contribution in [3.63, 3.8) is 0 Å². The van der Waals surface area contributed by atoms with E-state index in [4.69, 9.17) is 0 Å². The van der Waals surface area contributed by atoms with Gasteiger partial charge in [-0.2, -0.15) is 0 Å². The molecule has 2 N–H and O–H groups in total. The van der Waals surface area contributed by atoms with Gasteiger partial charge in [0.25, 0.3) is 0 Å².